The highest BCUT2D eigenvalue weighted by Gasteiger charge is 2.12. The van der Waals surface area contributed by atoms with E-state index in [0.29, 0.717) is 0 Å². The van der Waals surface area contributed by atoms with Crippen molar-refractivity contribution in [2.45, 2.75) is 38.6 Å². The monoisotopic (exact) mass is 252 g/mol. The fourth-order valence-corrected chi connectivity index (χ4v) is 2.38. The number of ether oxygens (including phenoxy) is 1. The number of unbranched alkanes of at least 4 members (excludes halogenated alkanes) is 1. The summed E-state index contributed by atoms with van der Waals surface area (Å²) in [7, 11) is 1.89. The fourth-order valence-electron chi connectivity index (χ4n) is 2.38. The van der Waals surface area contributed by atoms with Crippen molar-refractivity contribution in [1.29, 1.82) is 0 Å². The van der Waals surface area contributed by atoms with Crippen molar-refractivity contribution in [2.75, 3.05) is 19.8 Å². The minimum absolute atomic E-state index is 0.776. The van der Waals surface area contributed by atoms with Crippen molar-refractivity contribution < 1.29 is 4.74 Å². The van der Waals surface area contributed by atoms with Gasteiger partial charge in [0.05, 0.1) is 6.54 Å². The van der Waals surface area contributed by atoms with E-state index in [4.69, 9.17) is 4.74 Å². The van der Waals surface area contributed by atoms with Crippen molar-refractivity contribution in [3.8, 4) is 0 Å². The van der Waals surface area contributed by atoms with Gasteiger partial charge < -0.3 is 10.1 Å². The second-order valence-corrected chi connectivity index (χ2v) is 5.06. The molecule has 1 fully saturated rings. The van der Waals surface area contributed by atoms with E-state index in [1.54, 1.807) is 11.0 Å². The maximum absolute atomic E-state index is 5.37. The van der Waals surface area contributed by atoms with Crippen LogP contribution in [0.25, 0.3) is 0 Å². The number of aryl methyl sites for hydroxylation is 1. The van der Waals surface area contributed by atoms with Gasteiger partial charge in [-0.05, 0) is 31.7 Å². The second-order valence-electron chi connectivity index (χ2n) is 5.06. The summed E-state index contributed by atoms with van der Waals surface area (Å²) in [5.41, 5.74) is 0. The van der Waals surface area contributed by atoms with Crippen LogP contribution < -0.4 is 5.32 Å². The summed E-state index contributed by atoms with van der Waals surface area (Å²) in [4.78, 5) is 4.18. The molecule has 0 aliphatic carbocycles. The molecule has 0 aromatic carbocycles. The van der Waals surface area contributed by atoms with E-state index >= 15 is 0 Å². The lowest BCUT2D eigenvalue weighted by Gasteiger charge is -2.21. The third kappa shape index (κ3) is 4.74. The zero-order chi connectivity index (χ0) is 12.6. The van der Waals surface area contributed by atoms with Crippen LogP contribution in [0.2, 0.25) is 0 Å². The highest BCUT2D eigenvalue weighted by molar-refractivity contribution is 4.79. The van der Waals surface area contributed by atoms with Crippen molar-refractivity contribution in [3.05, 3.63) is 12.2 Å². The number of hydrogen-bond acceptors (Lipinski definition) is 4. The predicted molar refractivity (Wildman–Crippen MR) is 70.1 cm³/mol. The summed E-state index contributed by atoms with van der Waals surface area (Å²) < 4.78 is 7.11. The maximum atomic E-state index is 5.37. The van der Waals surface area contributed by atoms with Gasteiger partial charge in [-0.15, -0.1) is 0 Å². The molecular weight excluding hydrogens is 228 g/mol. The van der Waals surface area contributed by atoms with Gasteiger partial charge in [-0.2, -0.15) is 5.10 Å². The smallest absolute Gasteiger partial charge is 0.164 e. The van der Waals surface area contributed by atoms with Crippen LogP contribution in [0, 0.1) is 5.92 Å². The van der Waals surface area contributed by atoms with Gasteiger partial charge in [0.15, 0.2) is 5.82 Å². The van der Waals surface area contributed by atoms with Gasteiger partial charge in [-0.25, -0.2) is 4.98 Å². The Hall–Kier alpha value is -0.940. The molecule has 1 aliphatic rings. The number of nitrogens with one attached hydrogen (secondary N) is 1. The van der Waals surface area contributed by atoms with Crippen LogP contribution >= 0.6 is 0 Å². The van der Waals surface area contributed by atoms with E-state index < -0.39 is 0 Å². The van der Waals surface area contributed by atoms with Crippen LogP contribution in [-0.2, 0) is 18.3 Å². The quantitative estimate of drug-likeness (QED) is 0.747. The maximum Gasteiger partial charge on any atom is 0.164 e. The number of hydrogen-bond donors (Lipinski definition) is 1. The van der Waals surface area contributed by atoms with E-state index in [0.717, 1.165) is 38.0 Å². The molecule has 0 spiro atoms. The molecule has 2 heterocycles. The van der Waals surface area contributed by atoms with Gasteiger partial charge in [0.25, 0.3) is 0 Å². The topological polar surface area (TPSA) is 52.0 Å². The molecule has 102 valence electrons. The molecule has 0 bridgehead atoms. The minimum Gasteiger partial charge on any atom is -0.381 e. The van der Waals surface area contributed by atoms with Gasteiger partial charge in [0.2, 0.25) is 0 Å². The van der Waals surface area contributed by atoms with Gasteiger partial charge in [-0.3, -0.25) is 4.68 Å². The fraction of sp³-hybridized carbons (Fsp3) is 0.846. The van der Waals surface area contributed by atoms with Crippen LogP contribution in [0.3, 0.4) is 0 Å². The first-order chi connectivity index (χ1) is 8.84. The van der Waals surface area contributed by atoms with E-state index in [1.807, 2.05) is 7.05 Å². The largest absolute Gasteiger partial charge is 0.381 e. The molecule has 5 nitrogen and oxygen atoms in total. The Bertz CT molecular complexity index is 333. The van der Waals surface area contributed by atoms with Crippen LogP contribution in [0.5, 0.6) is 0 Å². The van der Waals surface area contributed by atoms with Crippen molar-refractivity contribution in [3.63, 3.8) is 0 Å². The molecule has 0 saturated carbocycles. The first kappa shape index (κ1) is 13.5. The summed E-state index contributed by atoms with van der Waals surface area (Å²) in [6.45, 7) is 3.77. The van der Waals surface area contributed by atoms with E-state index in [2.05, 4.69) is 15.4 Å². The predicted octanol–water partition coefficient (Wildman–Crippen LogP) is 1.50. The number of aromatic nitrogens is 3. The first-order valence-electron chi connectivity index (χ1n) is 6.97. The molecule has 0 radical (unpaired) electrons. The molecule has 0 atom stereocenters. The summed E-state index contributed by atoms with van der Waals surface area (Å²) in [6, 6.07) is 0. The zero-order valence-electron chi connectivity index (χ0n) is 11.3. The van der Waals surface area contributed by atoms with E-state index in [1.165, 1.54) is 32.1 Å². The summed E-state index contributed by atoms with van der Waals surface area (Å²) in [5, 5.41) is 7.62. The molecule has 1 N–H and O–H groups in total. The molecular formula is C13H24N4O. The molecule has 1 saturated heterocycles. The lowest BCUT2D eigenvalue weighted by molar-refractivity contribution is 0.0631. The van der Waals surface area contributed by atoms with Gasteiger partial charge in [0, 0.05) is 20.3 Å². The SMILES string of the molecule is Cn1cnc(CNCCCCC2CCOCC2)n1. The molecule has 1 aliphatic heterocycles. The van der Waals surface area contributed by atoms with Crippen molar-refractivity contribution >= 4 is 0 Å². The Kier molecular flexibility index (Phi) is 5.61. The average Bonchev–Trinajstić information content (AvgIpc) is 2.81. The third-order valence-corrected chi connectivity index (χ3v) is 3.49. The highest BCUT2D eigenvalue weighted by atomic mass is 16.5. The Morgan fingerprint density at radius 3 is 2.94 bits per heavy atom. The Morgan fingerprint density at radius 1 is 1.39 bits per heavy atom. The van der Waals surface area contributed by atoms with Gasteiger partial charge >= 0.3 is 0 Å². The minimum atomic E-state index is 0.776. The van der Waals surface area contributed by atoms with Crippen molar-refractivity contribution in [1.82, 2.24) is 20.1 Å². The van der Waals surface area contributed by atoms with E-state index in [-0.39, 0.29) is 0 Å². The van der Waals surface area contributed by atoms with Crippen LogP contribution in [0.15, 0.2) is 6.33 Å². The van der Waals surface area contributed by atoms with E-state index in [9.17, 15) is 0 Å². The highest BCUT2D eigenvalue weighted by Crippen LogP contribution is 2.20. The first-order valence-corrected chi connectivity index (χ1v) is 6.97. The standard InChI is InChI=1S/C13H24N4O/c1-17-11-15-13(16-17)10-14-7-3-2-4-12-5-8-18-9-6-12/h11-12,14H,2-10H2,1H3. The molecule has 1 aromatic rings. The summed E-state index contributed by atoms with van der Waals surface area (Å²) in [6.07, 6.45) is 8.16. The second kappa shape index (κ2) is 7.48. The molecule has 0 amide bonds. The third-order valence-electron chi connectivity index (χ3n) is 3.49. The van der Waals surface area contributed by atoms with Gasteiger partial charge in [-0.1, -0.05) is 12.8 Å². The number of nitrogens with zero attached hydrogens (tertiary/aromatic N) is 3. The normalized spacial score (nSPS) is 17.2. The Balaban J connectivity index is 1.46. The molecule has 2 rings (SSSR count). The Morgan fingerprint density at radius 2 is 2.22 bits per heavy atom. The molecule has 0 unspecified atom stereocenters. The molecule has 18 heavy (non-hydrogen) atoms. The van der Waals surface area contributed by atoms with Gasteiger partial charge in [0.1, 0.15) is 6.33 Å². The van der Waals surface area contributed by atoms with Crippen LogP contribution in [0.1, 0.15) is 37.9 Å². The number of rotatable bonds is 7. The lowest BCUT2D eigenvalue weighted by Crippen LogP contribution is -2.18. The summed E-state index contributed by atoms with van der Waals surface area (Å²) in [5.74, 6) is 1.78. The summed E-state index contributed by atoms with van der Waals surface area (Å²) >= 11 is 0. The molecule has 5 heteroatoms. The van der Waals surface area contributed by atoms with Crippen LogP contribution in [0.4, 0.5) is 0 Å². The van der Waals surface area contributed by atoms with Crippen molar-refractivity contribution in [2.24, 2.45) is 13.0 Å². The lowest BCUT2D eigenvalue weighted by atomic mass is 9.94. The Labute approximate surface area is 109 Å². The molecule has 1 aromatic heterocycles. The zero-order valence-corrected chi connectivity index (χ0v) is 11.3. The average molecular weight is 252 g/mol. The van der Waals surface area contributed by atoms with Crippen LogP contribution in [-0.4, -0.2) is 34.5 Å².